The van der Waals surface area contributed by atoms with Crippen LogP contribution in [-0.2, 0) is 0 Å². The van der Waals surface area contributed by atoms with Gasteiger partial charge in [-0.25, -0.2) is 0 Å². The highest BCUT2D eigenvalue weighted by Gasteiger charge is 2.05. The van der Waals surface area contributed by atoms with E-state index < -0.39 is 0 Å². The van der Waals surface area contributed by atoms with Crippen LogP contribution in [0.2, 0.25) is 0 Å². The van der Waals surface area contributed by atoms with Gasteiger partial charge in [0.05, 0.1) is 0 Å². The first-order valence-corrected chi connectivity index (χ1v) is 5.06. The molecular weight excluding hydrogens is 152 g/mol. The van der Waals surface area contributed by atoms with Crippen LogP contribution >= 0.6 is 0 Å². The summed E-state index contributed by atoms with van der Waals surface area (Å²) in [4.78, 5) is 0. The summed E-state index contributed by atoms with van der Waals surface area (Å²) in [6, 6.07) is 0. The van der Waals surface area contributed by atoms with Crippen LogP contribution < -0.4 is 0 Å². The smallest absolute Gasteiger partial charge is 0.0433 e. The fraction of sp³-hybridized carbons (Fsp3) is 1.00. The quantitative estimate of drug-likeness (QED) is 0.552. The molecule has 0 spiro atoms. The molecule has 1 unspecified atom stereocenters. The van der Waals surface area contributed by atoms with E-state index in [4.69, 9.17) is 10.2 Å². The van der Waals surface area contributed by atoms with Gasteiger partial charge in [-0.2, -0.15) is 0 Å². The molecule has 2 nitrogen and oxygen atoms in total. The summed E-state index contributed by atoms with van der Waals surface area (Å²) in [7, 11) is 0. The highest BCUT2D eigenvalue weighted by Crippen LogP contribution is 2.17. The average molecular weight is 174 g/mol. The maximum absolute atomic E-state index is 8.77. The van der Waals surface area contributed by atoms with Crippen molar-refractivity contribution < 1.29 is 10.2 Å². The van der Waals surface area contributed by atoms with Crippen molar-refractivity contribution in [2.24, 2.45) is 5.92 Å². The summed E-state index contributed by atoms with van der Waals surface area (Å²) in [5.74, 6) is 0.673. The van der Waals surface area contributed by atoms with Gasteiger partial charge in [-0.15, -0.1) is 0 Å². The lowest BCUT2D eigenvalue weighted by molar-refractivity contribution is 0.236. The number of hydrogen-bond acceptors (Lipinski definition) is 2. The molecule has 74 valence electrons. The number of aliphatic hydroxyl groups excluding tert-OH is 2. The maximum Gasteiger partial charge on any atom is 0.0433 e. The third kappa shape index (κ3) is 6.62. The fourth-order valence-electron chi connectivity index (χ4n) is 1.57. The zero-order valence-electron chi connectivity index (χ0n) is 8.13. The van der Waals surface area contributed by atoms with E-state index in [9.17, 15) is 0 Å². The molecule has 0 aliphatic heterocycles. The molecule has 0 bridgehead atoms. The van der Waals surface area contributed by atoms with Gasteiger partial charge in [0.2, 0.25) is 0 Å². The van der Waals surface area contributed by atoms with Gasteiger partial charge >= 0.3 is 0 Å². The Morgan fingerprint density at radius 3 is 2.17 bits per heavy atom. The first kappa shape index (κ1) is 11.9. The van der Waals surface area contributed by atoms with E-state index >= 15 is 0 Å². The molecule has 0 amide bonds. The van der Waals surface area contributed by atoms with Gasteiger partial charge in [0, 0.05) is 13.2 Å². The van der Waals surface area contributed by atoms with E-state index in [1.165, 1.54) is 12.8 Å². The fourth-order valence-corrected chi connectivity index (χ4v) is 1.57. The van der Waals surface area contributed by atoms with Gasteiger partial charge in [-0.05, 0) is 18.8 Å². The molecule has 12 heavy (non-hydrogen) atoms. The van der Waals surface area contributed by atoms with Crippen LogP contribution in [0, 0.1) is 5.92 Å². The highest BCUT2D eigenvalue weighted by molar-refractivity contribution is 4.58. The topological polar surface area (TPSA) is 40.5 Å². The monoisotopic (exact) mass is 174 g/mol. The number of unbranched alkanes of at least 4 members (excludes halogenated alkanes) is 1. The zero-order chi connectivity index (χ0) is 9.23. The van der Waals surface area contributed by atoms with Crippen LogP contribution in [0.1, 0.15) is 45.4 Å². The van der Waals surface area contributed by atoms with Crippen LogP contribution in [0.3, 0.4) is 0 Å². The Labute approximate surface area is 75.6 Å². The van der Waals surface area contributed by atoms with Crippen molar-refractivity contribution in [3.8, 4) is 0 Å². The Hall–Kier alpha value is -0.0800. The normalized spacial score (nSPS) is 13.2. The number of rotatable bonds is 8. The standard InChI is InChI=1S/C10H22O2/c1-2-5-10(7-9-12)6-3-4-8-11/h10-12H,2-9H2,1H3. The first-order valence-electron chi connectivity index (χ1n) is 5.06. The molecule has 0 saturated heterocycles. The Balaban J connectivity index is 3.34. The molecule has 0 rings (SSSR count). The summed E-state index contributed by atoms with van der Waals surface area (Å²) in [5.41, 5.74) is 0. The van der Waals surface area contributed by atoms with Crippen LogP contribution in [0.15, 0.2) is 0 Å². The summed E-state index contributed by atoms with van der Waals surface area (Å²) in [6.07, 6.45) is 6.51. The molecule has 0 aromatic carbocycles. The molecule has 2 heteroatoms. The van der Waals surface area contributed by atoms with Crippen LogP contribution in [0.5, 0.6) is 0 Å². The number of aliphatic hydroxyl groups is 2. The summed E-state index contributed by atoms with van der Waals surface area (Å²) in [5, 5.41) is 17.4. The average Bonchev–Trinajstić information content (AvgIpc) is 2.06. The van der Waals surface area contributed by atoms with E-state index in [0.717, 1.165) is 25.7 Å². The zero-order valence-corrected chi connectivity index (χ0v) is 8.13. The van der Waals surface area contributed by atoms with Gasteiger partial charge in [-0.3, -0.25) is 0 Å². The minimum atomic E-state index is 0.304. The molecule has 0 aliphatic rings. The molecule has 0 heterocycles. The van der Waals surface area contributed by atoms with Crippen molar-refractivity contribution in [2.75, 3.05) is 13.2 Å². The molecular formula is C10H22O2. The number of hydrogen-bond donors (Lipinski definition) is 2. The second-order valence-corrected chi connectivity index (χ2v) is 3.39. The second-order valence-electron chi connectivity index (χ2n) is 3.39. The van der Waals surface area contributed by atoms with Gasteiger partial charge in [0.25, 0.3) is 0 Å². The minimum absolute atomic E-state index is 0.304. The molecule has 0 radical (unpaired) electrons. The maximum atomic E-state index is 8.77. The Bertz CT molecular complexity index is 77.9. The Morgan fingerprint density at radius 2 is 1.67 bits per heavy atom. The predicted octanol–water partition coefficient (Wildman–Crippen LogP) is 1.95. The highest BCUT2D eigenvalue weighted by atomic mass is 16.3. The van der Waals surface area contributed by atoms with E-state index in [1.54, 1.807) is 0 Å². The second kappa shape index (κ2) is 9.01. The molecule has 0 saturated carbocycles. The summed E-state index contributed by atoms with van der Waals surface area (Å²) < 4.78 is 0. The Kier molecular flexibility index (Phi) is 8.95. The van der Waals surface area contributed by atoms with Gasteiger partial charge in [0.15, 0.2) is 0 Å². The largest absolute Gasteiger partial charge is 0.396 e. The molecule has 0 aromatic rings. The van der Waals surface area contributed by atoms with Crippen molar-refractivity contribution >= 4 is 0 Å². The molecule has 0 aliphatic carbocycles. The molecule has 2 N–H and O–H groups in total. The van der Waals surface area contributed by atoms with Crippen molar-refractivity contribution in [1.82, 2.24) is 0 Å². The summed E-state index contributed by atoms with van der Waals surface area (Å²) in [6.45, 7) is 2.79. The van der Waals surface area contributed by atoms with Gasteiger partial charge < -0.3 is 10.2 Å². The van der Waals surface area contributed by atoms with Gasteiger partial charge in [-0.1, -0.05) is 32.6 Å². The van der Waals surface area contributed by atoms with E-state index in [1.807, 2.05) is 0 Å². The summed E-state index contributed by atoms with van der Waals surface area (Å²) >= 11 is 0. The first-order chi connectivity index (χ1) is 5.85. The van der Waals surface area contributed by atoms with Crippen molar-refractivity contribution in [1.29, 1.82) is 0 Å². The van der Waals surface area contributed by atoms with Crippen LogP contribution in [0.4, 0.5) is 0 Å². The molecule has 0 fully saturated rings. The van der Waals surface area contributed by atoms with Crippen molar-refractivity contribution in [2.45, 2.75) is 45.4 Å². The third-order valence-electron chi connectivity index (χ3n) is 2.25. The van der Waals surface area contributed by atoms with E-state index in [-0.39, 0.29) is 0 Å². The SMILES string of the molecule is CCCC(CCO)CCCCO. The lowest BCUT2D eigenvalue weighted by atomic mass is 9.94. The van der Waals surface area contributed by atoms with Crippen molar-refractivity contribution in [3.05, 3.63) is 0 Å². The molecule has 0 aromatic heterocycles. The van der Waals surface area contributed by atoms with Crippen LogP contribution in [-0.4, -0.2) is 23.4 Å². The van der Waals surface area contributed by atoms with E-state index in [0.29, 0.717) is 19.1 Å². The third-order valence-corrected chi connectivity index (χ3v) is 2.25. The lowest BCUT2D eigenvalue weighted by Crippen LogP contribution is -2.03. The molecule has 1 atom stereocenters. The van der Waals surface area contributed by atoms with Crippen LogP contribution in [0.25, 0.3) is 0 Å². The van der Waals surface area contributed by atoms with Crippen molar-refractivity contribution in [3.63, 3.8) is 0 Å². The van der Waals surface area contributed by atoms with E-state index in [2.05, 4.69) is 6.92 Å². The lowest BCUT2D eigenvalue weighted by Gasteiger charge is -2.13. The Morgan fingerprint density at radius 1 is 0.917 bits per heavy atom. The van der Waals surface area contributed by atoms with Gasteiger partial charge in [0.1, 0.15) is 0 Å². The predicted molar refractivity (Wildman–Crippen MR) is 51.0 cm³/mol. The minimum Gasteiger partial charge on any atom is -0.396 e.